The van der Waals surface area contributed by atoms with Gasteiger partial charge in [0.05, 0.1) is 6.20 Å². The van der Waals surface area contributed by atoms with Gasteiger partial charge in [-0.25, -0.2) is 4.98 Å². The maximum absolute atomic E-state index is 11.4. The highest BCUT2D eigenvalue weighted by molar-refractivity contribution is 5.31. The average Bonchev–Trinajstić information content (AvgIpc) is 2.12. The highest BCUT2D eigenvalue weighted by Gasteiger charge is 2.20. The molecule has 0 radical (unpaired) electrons. The molecule has 13 heavy (non-hydrogen) atoms. The second kappa shape index (κ2) is 2.85. The number of hydrogen-bond donors (Lipinski definition) is 2. The molecule has 2 rings (SSSR count). The molecule has 1 aliphatic rings. The SMILES string of the molecule is Nc1cnc2n(c1=O)CCCC2O. The van der Waals surface area contributed by atoms with E-state index >= 15 is 0 Å². The number of nitrogens with zero attached hydrogens (tertiary/aromatic N) is 2. The molecule has 0 amide bonds. The first-order chi connectivity index (χ1) is 6.20. The number of aromatic nitrogens is 2. The zero-order valence-electron chi connectivity index (χ0n) is 7.10. The van der Waals surface area contributed by atoms with Crippen LogP contribution in [0.2, 0.25) is 0 Å². The summed E-state index contributed by atoms with van der Waals surface area (Å²) in [6.07, 6.45) is 2.14. The standard InChI is InChI=1S/C8H11N3O2/c9-5-4-10-7-6(12)2-1-3-11(7)8(5)13/h4,6,12H,1-3,9H2. The van der Waals surface area contributed by atoms with Crippen molar-refractivity contribution in [1.29, 1.82) is 0 Å². The summed E-state index contributed by atoms with van der Waals surface area (Å²) in [5.41, 5.74) is 5.30. The molecule has 1 aliphatic heterocycles. The molecule has 0 fully saturated rings. The van der Waals surface area contributed by atoms with E-state index in [1.807, 2.05) is 0 Å². The fourth-order valence-corrected chi connectivity index (χ4v) is 1.57. The number of aliphatic hydroxyl groups excluding tert-OH is 1. The average molecular weight is 181 g/mol. The normalized spacial score (nSPS) is 21.2. The minimum Gasteiger partial charge on any atom is -0.393 e. The van der Waals surface area contributed by atoms with Crippen LogP contribution in [-0.4, -0.2) is 14.7 Å². The van der Waals surface area contributed by atoms with Crippen molar-refractivity contribution >= 4 is 5.69 Å². The first-order valence-electron chi connectivity index (χ1n) is 4.23. The minimum atomic E-state index is -0.623. The van der Waals surface area contributed by atoms with Gasteiger partial charge in [0.25, 0.3) is 5.56 Å². The van der Waals surface area contributed by atoms with Crippen molar-refractivity contribution in [2.75, 3.05) is 5.73 Å². The van der Waals surface area contributed by atoms with Gasteiger partial charge in [-0.1, -0.05) is 0 Å². The Labute approximate surface area is 74.8 Å². The number of anilines is 1. The van der Waals surface area contributed by atoms with E-state index in [1.165, 1.54) is 10.8 Å². The van der Waals surface area contributed by atoms with Crippen LogP contribution in [0.5, 0.6) is 0 Å². The minimum absolute atomic E-state index is 0.137. The van der Waals surface area contributed by atoms with Crippen LogP contribution in [-0.2, 0) is 6.54 Å². The van der Waals surface area contributed by atoms with Crippen molar-refractivity contribution in [2.24, 2.45) is 0 Å². The molecular weight excluding hydrogens is 170 g/mol. The molecule has 0 aliphatic carbocycles. The van der Waals surface area contributed by atoms with E-state index < -0.39 is 6.10 Å². The highest BCUT2D eigenvalue weighted by atomic mass is 16.3. The van der Waals surface area contributed by atoms with Crippen LogP contribution in [0.15, 0.2) is 11.0 Å². The molecule has 3 N–H and O–H groups in total. The molecule has 1 aromatic rings. The molecule has 0 aromatic carbocycles. The first kappa shape index (κ1) is 8.25. The Balaban J connectivity index is 2.63. The molecule has 0 bridgehead atoms. The quantitative estimate of drug-likeness (QED) is 0.573. The lowest BCUT2D eigenvalue weighted by Crippen LogP contribution is -2.31. The number of fused-ring (bicyclic) bond motifs is 1. The van der Waals surface area contributed by atoms with Crippen molar-refractivity contribution in [3.8, 4) is 0 Å². The number of aliphatic hydroxyl groups is 1. The fraction of sp³-hybridized carbons (Fsp3) is 0.500. The van der Waals surface area contributed by atoms with Crippen LogP contribution in [0.3, 0.4) is 0 Å². The van der Waals surface area contributed by atoms with Gasteiger partial charge in [-0.2, -0.15) is 0 Å². The molecular formula is C8H11N3O2. The Morgan fingerprint density at radius 2 is 2.46 bits per heavy atom. The predicted molar refractivity (Wildman–Crippen MR) is 47.1 cm³/mol. The van der Waals surface area contributed by atoms with Crippen molar-refractivity contribution in [3.05, 3.63) is 22.4 Å². The molecule has 5 heteroatoms. The number of rotatable bonds is 0. The van der Waals surface area contributed by atoms with Gasteiger partial charge < -0.3 is 10.8 Å². The Bertz CT molecular complexity index is 385. The molecule has 0 saturated carbocycles. The van der Waals surface area contributed by atoms with Gasteiger partial charge in [-0.05, 0) is 12.8 Å². The van der Waals surface area contributed by atoms with Gasteiger partial charge in [-0.3, -0.25) is 9.36 Å². The molecule has 70 valence electrons. The van der Waals surface area contributed by atoms with Crippen LogP contribution in [0.25, 0.3) is 0 Å². The van der Waals surface area contributed by atoms with Gasteiger partial charge in [0.15, 0.2) is 0 Å². The lowest BCUT2D eigenvalue weighted by Gasteiger charge is -2.21. The van der Waals surface area contributed by atoms with Crippen LogP contribution < -0.4 is 11.3 Å². The number of nitrogens with two attached hydrogens (primary N) is 1. The summed E-state index contributed by atoms with van der Waals surface area (Å²) in [4.78, 5) is 15.4. The Morgan fingerprint density at radius 3 is 3.23 bits per heavy atom. The number of nitrogen functional groups attached to an aromatic ring is 1. The Hall–Kier alpha value is -1.36. The van der Waals surface area contributed by atoms with E-state index in [-0.39, 0.29) is 11.2 Å². The van der Waals surface area contributed by atoms with Crippen molar-refractivity contribution in [3.63, 3.8) is 0 Å². The fourth-order valence-electron chi connectivity index (χ4n) is 1.57. The second-order valence-corrected chi connectivity index (χ2v) is 3.19. The lowest BCUT2D eigenvalue weighted by molar-refractivity contribution is 0.130. The highest BCUT2D eigenvalue weighted by Crippen LogP contribution is 2.20. The summed E-state index contributed by atoms with van der Waals surface area (Å²) in [6, 6.07) is 0. The van der Waals surface area contributed by atoms with E-state index in [9.17, 15) is 9.90 Å². The topological polar surface area (TPSA) is 81.1 Å². The summed E-state index contributed by atoms with van der Waals surface area (Å²) in [5.74, 6) is 0.436. The molecule has 1 aromatic heterocycles. The zero-order chi connectivity index (χ0) is 9.42. The summed E-state index contributed by atoms with van der Waals surface area (Å²) in [6.45, 7) is 0.600. The van der Waals surface area contributed by atoms with E-state index in [4.69, 9.17) is 5.73 Å². The molecule has 0 saturated heterocycles. The summed E-state index contributed by atoms with van der Waals surface area (Å²) < 4.78 is 1.45. The van der Waals surface area contributed by atoms with Crippen LogP contribution in [0.4, 0.5) is 5.69 Å². The van der Waals surface area contributed by atoms with E-state index in [0.717, 1.165) is 6.42 Å². The van der Waals surface area contributed by atoms with Gasteiger partial charge >= 0.3 is 0 Å². The van der Waals surface area contributed by atoms with Crippen molar-refractivity contribution in [1.82, 2.24) is 9.55 Å². The maximum atomic E-state index is 11.4. The third-order valence-electron chi connectivity index (χ3n) is 2.26. The molecule has 5 nitrogen and oxygen atoms in total. The van der Waals surface area contributed by atoms with E-state index in [2.05, 4.69) is 4.98 Å². The summed E-state index contributed by atoms with van der Waals surface area (Å²) in [7, 11) is 0. The van der Waals surface area contributed by atoms with Crippen molar-refractivity contribution in [2.45, 2.75) is 25.5 Å². The summed E-state index contributed by atoms with van der Waals surface area (Å²) in [5, 5.41) is 9.51. The third-order valence-corrected chi connectivity index (χ3v) is 2.26. The molecule has 1 unspecified atom stereocenters. The summed E-state index contributed by atoms with van der Waals surface area (Å²) >= 11 is 0. The third kappa shape index (κ3) is 1.21. The predicted octanol–water partition coefficient (Wildman–Crippen LogP) is -0.347. The van der Waals surface area contributed by atoms with Gasteiger partial charge in [0, 0.05) is 6.54 Å². The van der Waals surface area contributed by atoms with Gasteiger partial charge in [0.2, 0.25) is 0 Å². The smallest absolute Gasteiger partial charge is 0.276 e. The molecule has 0 spiro atoms. The Morgan fingerprint density at radius 1 is 1.69 bits per heavy atom. The molecule has 2 heterocycles. The maximum Gasteiger partial charge on any atom is 0.276 e. The van der Waals surface area contributed by atoms with Crippen LogP contribution in [0, 0.1) is 0 Å². The monoisotopic (exact) mass is 181 g/mol. The first-order valence-corrected chi connectivity index (χ1v) is 4.23. The number of hydrogen-bond acceptors (Lipinski definition) is 4. The zero-order valence-corrected chi connectivity index (χ0v) is 7.10. The second-order valence-electron chi connectivity index (χ2n) is 3.19. The Kier molecular flexibility index (Phi) is 1.81. The van der Waals surface area contributed by atoms with Crippen molar-refractivity contribution < 1.29 is 5.11 Å². The van der Waals surface area contributed by atoms with Gasteiger partial charge in [-0.15, -0.1) is 0 Å². The van der Waals surface area contributed by atoms with E-state index in [1.54, 1.807) is 0 Å². The largest absolute Gasteiger partial charge is 0.393 e. The van der Waals surface area contributed by atoms with Gasteiger partial charge in [0.1, 0.15) is 17.6 Å². The van der Waals surface area contributed by atoms with E-state index in [0.29, 0.717) is 18.8 Å². The lowest BCUT2D eigenvalue weighted by atomic mass is 10.1. The molecule has 1 atom stereocenters. The van der Waals surface area contributed by atoms with Crippen LogP contribution in [0.1, 0.15) is 24.8 Å². The van der Waals surface area contributed by atoms with Crippen LogP contribution >= 0.6 is 0 Å².